The van der Waals surface area contributed by atoms with E-state index in [0.29, 0.717) is 30.2 Å². The lowest BCUT2D eigenvalue weighted by molar-refractivity contribution is 0.0955. The molecular formula is C17H15BrN2O3. The van der Waals surface area contributed by atoms with Crippen LogP contribution in [0.2, 0.25) is 0 Å². The molecule has 0 fully saturated rings. The van der Waals surface area contributed by atoms with Gasteiger partial charge in [-0.15, -0.1) is 0 Å². The fourth-order valence-electron chi connectivity index (χ4n) is 2.16. The number of hydrogen-bond acceptors (Lipinski definition) is 4. The Hall–Kier alpha value is -2.34. The summed E-state index contributed by atoms with van der Waals surface area (Å²) in [5.41, 5.74) is 4.65. The van der Waals surface area contributed by atoms with Gasteiger partial charge in [0.1, 0.15) is 13.2 Å². The van der Waals surface area contributed by atoms with Gasteiger partial charge in [-0.05, 0) is 43.3 Å². The zero-order valence-corrected chi connectivity index (χ0v) is 14.1. The van der Waals surface area contributed by atoms with Gasteiger partial charge in [-0.2, -0.15) is 5.10 Å². The zero-order valence-electron chi connectivity index (χ0n) is 12.5. The second kappa shape index (κ2) is 6.83. The molecule has 1 aliphatic rings. The predicted octanol–water partition coefficient (Wildman–Crippen LogP) is 3.37. The molecule has 3 rings (SSSR count). The largest absolute Gasteiger partial charge is 0.486 e. The molecule has 5 nitrogen and oxygen atoms in total. The molecule has 0 unspecified atom stereocenters. The quantitative estimate of drug-likeness (QED) is 0.661. The van der Waals surface area contributed by atoms with Gasteiger partial charge < -0.3 is 9.47 Å². The predicted molar refractivity (Wildman–Crippen MR) is 91.3 cm³/mol. The van der Waals surface area contributed by atoms with E-state index in [9.17, 15) is 4.79 Å². The minimum Gasteiger partial charge on any atom is -0.486 e. The van der Waals surface area contributed by atoms with E-state index in [1.807, 2.05) is 31.2 Å². The summed E-state index contributed by atoms with van der Waals surface area (Å²) in [5.74, 6) is 1.16. The Morgan fingerprint density at radius 1 is 1.09 bits per heavy atom. The van der Waals surface area contributed by atoms with Crippen molar-refractivity contribution in [3.8, 4) is 11.5 Å². The third-order valence-electron chi connectivity index (χ3n) is 3.37. The molecule has 0 bridgehead atoms. The van der Waals surface area contributed by atoms with E-state index in [-0.39, 0.29) is 5.91 Å². The van der Waals surface area contributed by atoms with Crippen LogP contribution in [0.25, 0.3) is 0 Å². The van der Waals surface area contributed by atoms with Crippen molar-refractivity contribution in [1.82, 2.24) is 5.43 Å². The molecule has 2 aromatic carbocycles. The lowest BCUT2D eigenvalue weighted by atomic mass is 10.1. The van der Waals surface area contributed by atoms with Crippen molar-refractivity contribution in [3.63, 3.8) is 0 Å². The molecule has 0 spiro atoms. The van der Waals surface area contributed by atoms with Crippen LogP contribution in [0.5, 0.6) is 11.5 Å². The van der Waals surface area contributed by atoms with Gasteiger partial charge in [-0.25, -0.2) is 5.43 Å². The maximum absolute atomic E-state index is 12.1. The normalized spacial score (nSPS) is 13.6. The Kier molecular flexibility index (Phi) is 4.62. The first-order valence-corrected chi connectivity index (χ1v) is 7.93. The van der Waals surface area contributed by atoms with Crippen molar-refractivity contribution < 1.29 is 14.3 Å². The van der Waals surface area contributed by atoms with Crippen molar-refractivity contribution >= 4 is 27.5 Å². The second-order valence-electron chi connectivity index (χ2n) is 5.01. The van der Waals surface area contributed by atoms with Crippen LogP contribution in [0.1, 0.15) is 22.8 Å². The number of amides is 1. The number of hydrogen-bond donors (Lipinski definition) is 1. The van der Waals surface area contributed by atoms with E-state index in [2.05, 4.69) is 26.5 Å². The Labute approximate surface area is 142 Å². The molecule has 0 aromatic heterocycles. The van der Waals surface area contributed by atoms with Gasteiger partial charge in [0.25, 0.3) is 5.91 Å². The molecule has 1 N–H and O–H groups in total. The van der Waals surface area contributed by atoms with E-state index in [0.717, 1.165) is 15.8 Å². The fraction of sp³-hybridized carbons (Fsp3) is 0.176. The summed E-state index contributed by atoms with van der Waals surface area (Å²) < 4.78 is 11.9. The lowest BCUT2D eigenvalue weighted by Crippen LogP contribution is -2.19. The van der Waals surface area contributed by atoms with Crippen molar-refractivity contribution in [3.05, 3.63) is 58.1 Å². The van der Waals surface area contributed by atoms with Crippen LogP contribution in [-0.2, 0) is 0 Å². The summed E-state index contributed by atoms with van der Waals surface area (Å²) in [6.45, 7) is 2.92. The van der Waals surface area contributed by atoms with Crippen LogP contribution in [0.3, 0.4) is 0 Å². The summed E-state index contributed by atoms with van der Waals surface area (Å²) in [6, 6.07) is 12.7. The Morgan fingerprint density at radius 3 is 2.65 bits per heavy atom. The summed E-state index contributed by atoms with van der Waals surface area (Å²) in [6.07, 6.45) is 0. The van der Waals surface area contributed by atoms with Crippen LogP contribution >= 0.6 is 15.9 Å². The molecule has 0 saturated carbocycles. The standard InChI is InChI=1S/C17H15BrN2O3/c1-11(12-5-6-15-16(10-12)23-8-7-22-15)19-20-17(21)13-3-2-4-14(18)9-13/h2-6,9-10H,7-8H2,1H3,(H,20,21)/b19-11-. The average molecular weight is 375 g/mol. The molecule has 1 heterocycles. The third kappa shape index (κ3) is 3.71. The van der Waals surface area contributed by atoms with Crippen molar-refractivity contribution in [1.29, 1.82) is 0 Å². The highest BCUT2D eigenvalue weighted by Gasteiger charge is 2.13. The number of rotatable bonds is 3. The first-order valence-electron chi connectivity index (χ1n) is 7.14. The highest BCUT2D eigenvalue weighted by Crippen LogP contribution is 2.30. The number of ether oxygens (including phenoxy) is 2. The second-order valence-corrected chi connectivity index (χ2v) is 5.92. The number of carbonyl (C=O) groups excluding carboxylic acids is 1. The van der Waals surface area contributed by atoms with Gasteiger partial charge in [0.2, 0.25) is 0 Å². The van der Waals surface area contributed by atoms with Gasteiger partial charge in [0.15, 0.2) is 11.5 Å². The average Bonchev–Trinajstić information content (AvgIpc) is 2.59. The van der Waals surface area contributed by atoms with E-state index >= 15 is 0 Å². The van der Waals surface area contributed by atoms with Crippen molar-refractivity contribution in [2.24, 2.45) is 5.10 Å². The molecule has 1 aliphatic heterocycles. The number of fused-ring (bicyclic) bond motifs is 1. The summed E-state index contributed by atoms with van der Waals surface area (Å²) in [7, 11) is 0. The Bertz CT molecular complexity index is 774. The van der Waals surface area contributed by atoms with E-state index in [1.54, 1.807) is 18.2 Å². The smallest absolute Gasteiger partial charge is 0.271 e. The summed E-state index contributed by atoms with van der Waals surface area (Å²) >= 11 is 3.34. The van der Waals surface area contributed by atoms with E-state index in [1.165, 1.54) is 0 Å². The van der Waals surface area contributed by atoms with Gasteiger partial charge >= 0.3 is 0 Å². The zero-order chi connectivity index (χ0) is 16.2. The molecular weight excluding hydrogens is 360 g/mol. The number of hydrazone groups is 1. The molecule has 1 amide bonds. The number of benzene rings is 2. The number of carbonyl (C=O) groups is 1. The molecule has 0 radical (unpaired) electrons. The van der Waals surface area contributed by atoms with Crippen LogP contribution in [0.15, 0.2) is 52.0 Å². The first kappa shape index (κ1) is 15.6. The maximum atomic E-state index is 12.1. The van der Waals surface area contributed by atoms with Crippen molar-refractivity contribution in [2.75, 3.05) is 13.2 Å². The topological polar surface area (TPSA) is 59.9 Å². The minimum absolute atomic E-state index is 0.261. The molecule has 6 heteroatoms. The number of nitrogens with zero attached hydrogens (tertiary/aromatic N) is 1. The maximum Gasteiger partial charge on any atom is 0.271 e. The molecule has 2 aromatic rings. The lowest BCUT2D eigenvalue weighted by Gasteiger charge is -2.18. The highest BCUT2D eigenvalue weighted by molar-refractivity contribution is 9.10. The number of halogens is 1. The van der Waals surface area contributed by atoms with Crippen LogP contribution in [-0.4, -0.2) is 24.8 Å². The van der Waals surface area contributed by atoms with E-state index < -0.39 is 0 Å². The SMILES string of the molecule is C/C(=N/NC(=O)c1cccc(Br)c1)c1ccc2c(c1)OCCO2. The first-order chi connectivity index (χ1) is 11.1. The fourth-order valence-corrected chi connectivity index (χ4v) is 2.56. The van der Waals surface area contributed by atoms with E-state index in [4.69, 9.17) is 9.47 Å². The van der Waals surface area contributed by atoms with Gasteiger partial charge in [0, 0.05) is 15.6 Å². The highest BCUT2D eigenvalue weighted by atomic mass is 79.9. The van der Waals surface area contributed by atoms with Gasteiger partial charge in [-0.1, -0.05) is 22.0 Å². The van der Waals surface area contributed by atoms with Crippen molar-refractivity contribution in [2.45, 2.75) is 6.92 Å². The molecule has 23 heavy (non-hydrogen) atoms. The third-order valence-corrected chi connectivity index (χ3v) is 3.87. The number of nitrogens with one attached hydrogen (secondary N) is 1. The molecule has 118 valence electrons. The molecule has 0 atom stereocenters. The van der Waals surface area contributed by atoms with Crippen LogP contribution in [0.4, 0.5) is 0 Å². The summed E-state index contributed by atoms with van der Waals surface area (Å²) in [5, 5.41) is 4.15. The van der Waals surface area contributed by atoms with Crippen LogP contribution < -0.4 is 14.9 Å². The Morgan fingerprint density at radius 2 is 1.87 bits per heavy atom. The van der Waals surface area contributed by atoms with Gasteiger partial charge in [0.05, 0.1) is 5.71 Å². The molecule has 0 saturated heterocycles. The monoisotopic (exact) mass is 374 g/mol. The van der Waals surface area contributed by atoms with Crippen LogP contribution in [0, 0.1) is 0 Å². The van der Waals surface area contributed by atoms with Gasteiger partial charge in [-0.3, -0.25) is 4.79 Å². The molecule has 0 aliphatic carbocycles. The minimum atomic E-state index is -0.261. The Balaban J connectivity index is 1.73. The summed E-state index contributed by atoms with van der Waals surface area (Å²) in [4.78, 5) is 12.1.